The maximum absolute atomic E-state index is 4.25. The number of alkyl halides is 1. The monoisotopic (exact) mass is 322 g/mol. The van der Waals surface area contributed by atoms with Gasteiger partial charge in [0.2, 0.25) is 0 Å². The zero-order chi connectivity index (χ0) is 11.1. The number of nitrogens with one attached hydrogen (secondary N) is 1. The van der Waals surface area contributed by atoms with E-state index < -0.39 is 0 Å². The standard InChI is InChI=1S/C10H19IN4/c1-9(2)7-15-10(13-8-14-15)6-12-5-3-4-11/h8-9,12H,3-7H2,1-2H3. The molecule has 15 heavy (non-hydrogen) atoms. The van der Waals surface area contributed by atoms with E-state index in [1.165, 1.54) is 10.8 Å². The number of aromatic nitrogens is 3. The van der Waals surface area contributed by atoms with E-state index in [4.69, 9.17) is 0 Å². The van der Waals surface area contributed by atoms with Crippen molar-refractivity contribution in [3.63, 3.8) is 0 Å². The normalized spacial score (nSPS) is 11.2. The van der Waals surface area contributed by atoms with Gasteiger partial charge in [0, 0.05) is 11.0 Å². The third kappa shape index (κ3) is 4.92. The van der Waals surface area contributed by atoms with Crippen molar-refractivity contribution >= 4 is 22.6 Å². The van der Waals surface area contributed by atoms with Crippen LogP contribution in [0.2, 0.25) is 0 Å². The zero-order valence-electron chi connectivity index (χ0n) is 9.41. The SMILES string of the molecule is CC(C)Cn1ncnc1CNCCCI. The molecule has 0 aliphatic heterocycles. The Morgan fingerprint density at radius 2 is 2.33 bits per heavy atom. The lowest BCUT2D eigenvalue weighted by atomic mass is 10.2. The topological polar surface area (TPSA) is 42.7 Å². The summed E-state index contributed by atoms with van der Waals surface area (Å²) in [4.78, 5) is 4.25. The molecule has 0 amide bonds. The Kier molecular flexibility index (Phi) is 6.16. The van der Waals surface area contributed by atoms with E-state index in [1.807, 2.05) is 4.68 Å². The Morgan fingerprint density at radius 3 is 3.00 bits per heavy atom. The first-order valence-electron chi connectivity index (χ1n) is 5.37. The van der Waals surface area contributed by atoms with Crippen molar-refractivity contribution in [2.45, 2.75) is 33.4 Å². The molecule has 5 heteroatoms. The van der Waals surface area contributed by atoms with Crippen LogP contribution in [0.25, 0.3) is 0 Å². The molecule has 0 saturated carbocycles. The van der Waals surface area contributed by atoms with Crippen LogP contribution in [-0.4, -0.2) is 25.7 Å². The Morgan fingerprint density at radius 1 is 1.53 bits per heavy atom. The predicted molar refractivity (Wildman–Crippen MR) is 70.1 cm³/mol. The molecule has 1 N–H and O–H groups in total. The molecule has 1 aromatic rings. The van der Waals surface area contributed by atoms with Gasteiger partial charge in [0.15, 0.2) is 0 Å². The highest BCUT2D eigenvalue weighted by Gasteiger charge is 2.04. The molecular weight excluding hydrogens is 303 g/mol. The van der Waals surface area contributed by atoms with Crippen molar-refractivity contribution in [2.75, 3.05) is 11.0 Å². The molecule has 0 bridgehead atoms. The fraction of sp³-hybridized carbons (Fsp3) is 0.800. The van der Waals surface area contributed by atoms with Crippen molar-refractivity contribution in [1.29, 1.82) is 0 Å². The maximum atomic E-state index is 4.25. The number of rotatable bonds is 7. The molecule has 1 aromatic heterocycles. The van der Waals surface area contributed by atoms with E-state index in [0.717, 1.165) is 25.5 Å². The Hall–Kier alpha value is -0.170. The molecule has 0 aliphatic carbocycles. The van der Waals surface area contributed by atoms with Crippen molar-refractivity contribution in [1.82, 2.24) is 20.1 Å². The van der Waals surface area contributed by atoms with Gasteiger partial charge >= 0.3 is 0 Å². The summed E-state index contributed by atoms with van der Waals surface area (Å²) in [5, 5.41) is 7.59. The minimum absolute atomic E-state index is 0.611. The van der Waals surface area contributed by atoms with Gasteiger partial charge in [0.05, 0.1) is 6.54 Å². The highest BCUT2D eigenvalue weighted by Crippen LogP contribution is 2.00. The average molecular weight is 322 g/mol. The average Bonchev–Trinajstić information content (AvgIpc) is 2.59. The third-order valence-corrected chi connectivity index (χ3v) is 2.77. The van der Waals surface area contributed by atoms with Crippen LogP contribution in [0.4, 0.5) is 0 Å². The maximum Gasteiger partial charge on any atom is 0.140 e. The predicted octanol–water partition coefficient (Wildman–Crippen LogP) is 1.85. The fourth-order valence-corrected chi connectivity index (χ4v) is 1.70. The zero-order valence-corrected chi connectivity index (χ0v) is 11.6. The number of halogens is 1. The summed E-state index contributed by atoms with van der Waals surface area (Å²) >= 11 is 2.39. The van der Waals surface area contributed by atoms with Crippen LogP contribution >= 0.6 is 22.6 Å². The van der Waals surface area contributed by atoms with Gasteiger partial charge in [0.25, 0.3) is 0 Å². The largest absolute Gasteiger partial charge is 0.310 e. The highest BCUT2D eigenvalue weighted by atomic mass is 127. The smallest absolute Gasteiger partial charge is 0.140 e. The Bertz CT molecular complexity index is 272. The molecule has 4 nitrogen and oxygen atoms in total. The summed E-state index contributed by atoms with van der Waals surface area (Å²) in [6, 6.07) is 0. The Labute approximate surface area is 105 Å². The van der Waals surface area contributed by atoms with E-state index in [2.05, 4.69) is 51.8 Å². The van der Waals surface area contributed by atoms with Gasteiger partial charge in [-0.2, -0.15) is 5.10 Å². The molecule has 86 valence electrons. The first-order valence-corrected chi connectivity index (χ1v) is 6.90. The lowest BCUT2D eigenvalue weighted by molar-refractivity contribution is 0.458. The van der Waals surface area contributed by atoms with Crippen LogP contribution in [0.1, 0.15) is 26.1 Å². The van der Waals surface area contributed by atoms with Crippen molar-refractivity contribution in [3.05, 3.63) is 12.2 Å². The summed E-state index contributed by atoms with van der Waals surface area (Å²) in [7, 11) is 0. The van der Waals surface area contributed by atoms with Crippen LogP contribution in [0.3, 0.4) is 0 Å². The molecule has 0 fully saturated rings. The summed E-state index contributed by atoms with van der Waals surface area (Å²) in [6.07, 6.45) is 2.84. The second kappa shape index (κ2) is 7.16. The van der Waals surface area contributed by atoms with Gasteiger partial charge in [-0.1, -0.05) is 36.4 Å². The molecule has 0 radical (unpaired) electrons. The van der Waals surface area contributed by atoms with Gasteiger partial charge < -0.3 is 5.32 Å². The summed E-state index contributed by atoms with van der Waals surface area (Å²) in [5.41, 5.74) is 0. The molecule has 1 heterocycles. The van der Waals surface area contributed by atoms with Crippen molar-refractivity contribution in [2.24, 2.45) is 5.92 Å². The summed E-state index contributed by atoms with van der Waals surface area (Å²) < 4.78 is 3.19. The van der Waals surface area contributed by atoms with Crippen LogP contribution in [0.15, 0.2) is 6.33 Å². The summed E-state index contributed by atoms with van der Waals surface area (Å²) in [6.45, 7) is 7.20. The lowest BCUT2D eigenvalue weighted by Gasteiger charge is -2.08. The molecule has 1 rings (SSSR count). The number of hydrogen-bond donors (Lipinski definition) is 1. The van der Waals surface area contributed by atoms with E-state index in [-0.39, 0.29) is 0 Å². The van der Waals surface area contributed by atoms with Gasteiger partial charge in [-0.15, -0.1) is 0 Å². The minimum atomic E-state index is 0.611. The minimum Gasteiger partial charge on any atom is -0.310 e. The second-order valence-corrected chi connectivity index (χ2v) is 5.05. The quantitative estimate of drug-likeness (QED) is 0.473. The van der Waals surface area contributed by atoms with Gasteiger partial charge in [0.1, 0.15) is 12.2 Å². The van der Waals surface area contributed by atoms with Gasteiger partial charge in [-0.25, -0.2) is 9.67 Å². The van der Waals surface area contributed by atoms with Crippen LogP contribution < -0.4 is 5.32 Å². The Balaban J connectivity index is 2.36. The molecule has 0 saturated heterocycles. The second-order valence-electron chi connectivity index (χ2n) is 3.97. The third-order valence-electron chi connectivity index (χ3n) is 2.00. The molecule has 0 aliphatic rings. The van der Waals surface area contributed by atoms with Crippen LogP contribution in [0, 0.1) is 5.92 Å². The summed E-state index contributed by atoms with van der Waals surface area (Å²) in [5.74, 6) is 1.65. The molecular formula is C10H19IN4. The van der Waals surface area contributed by atoms with Crippen molar-refractivity contribution < 1.29 is 0 Å². The van der Waals surface area contributed by atoms with E-state index in [1.54, 1.807) is 6.33 Å². The molecule has 0 unspecified atom stereocenters. The first-order chi connectivity index (χ1) is 7.24. The molecule has 0 atom stereocenters. The molecule has 0 aromatic carbocycles. The van der Waals surface area contributed by atoms with Crippen molar-refractivity contribution in [3.8, 4) is 0 Å². The van der Waals surface area contributed by atoms with Crippen LogP contribution in [-0.2, 0) is 13.1 Å². The number of hydrogen-bond acceptors (Lipinski definition) is 3. The van der Waals surface area contributed by atoms with E-state index in [9.17, 15) is 0 Å². The molecule has 0 spiro atoms. The lowest BCUT2D eigenvalue weighted by Crippen LogP contribution is -2.20. The van der Waals surface area contributed by atoms with Crippen LogP contribution in [0.5, 0.6) is 0 Å². The number of nitrogens with zero attached hydrogens (tertiary/aromatic N) is 3. The van der Waals surface area contributed by atoms with E-state index in [0.29, 0.717) is 5.92 Å². The van der Waals surface area contributed by atoms with E-state index >= 15 is 0 Å². The first kappa shape index (κ1) is 12.9. The highest BCUT2D eigenvalue weighted by molar-refractivity contribution is 14.1. The fourth-order valence-electron chi connectivity index (χ4n) is 1.32. The van der Waals surface area contributed by atoms with Gasteiger partial charge in [-0.3, -0.25) is 0 Å². The van der Waals surface area contributed by atoms with Gasteiger partial charge in [-0.05, 0) is 18.9 Å².